The van der Waals surface area contributed by atoms with Gasteiger partial charge in [-0.25, -0.2) is 0 Å². The van der Waals surface area contributed by atoms with E-state index in [1.807, 2.05) is 0 Å². The van der Waals surface area contributed by atoms with Crippen LogP contribution in [-0.4, -0.2) is 23.0 Å². The molecular weight excluding hydrogens is 218 g/mol. The van der Waals surface area contributed by atoms with Crippen LogP contribution in [0.25, 0.3) is 0 Å². The molecule has 1 atom stereocenters. The summed E-state index contributed by atoms with van der Waals surface area (Å²) in [5.74, 6) is -0.577. The zero-order valence-electron chi connectivity index (χ0n) is 10.5. The molecule has 4 heteroatoms. The highest BCUT2D eigenvalue weighted by atomic mass is 16.4. The van der Waals surface area contributed by atoms with Gasteiger partial charge in [0.15, 0.2) is 0 Å². The summed E-state index contributed by atoms with van der Waals surface area (Å²) < 4.78 is 0. The van der Waals surface area contributed by atoms with Gasteiger partial charge in [-0.05, 0) is 37.5 Å². The van der Waals surface area contributed by atoms with Gasteiger partial charge in [-0.1, -0.05) is 13.8 Å². The van der Waals surface area contributed by atoms with Crippen LogP contribution in [0.5, 0.6) is 0 Å². The molecule has 17 heavy (non-hydrogen) atoms. The molecule has 0 bridgehead atoms. The van der Waals surface area contributed by atoms with Crippen molar-refractivity contribution in [3.8, 4) is 0 Å². The molecule has 2 aliphatic rings. The van der Waals surface area contributed by atoms with Gasteiger partial charge in [-0.2, -0.15) is 0 Å². The van der Waals surface area contributed by atoms with Gasteiger partial charge in [0.2, 0.25) is 5.91 Å². The Bertz CT molecular complexity index is 330. The van der Waals surface area contributed by atoms with Crippen LogP contribution in [0.3, 0.4) is 0 Å². The van der Waals surface area contributed by atoms with Gasteiger partial charge in [-0.3, -0.25) is 9.59 Å². The molecule has 0 saturated heterocycles. The molecule has 0 radical (unpaired) electrons. The van der Waals surface area contributed by atoms with Gasteiger partial charge in [0.25, 0.3) is 0 Å². The van der Waals surface area contributed by atoms with Gasteiger partial charge in [-0.15, -0.1) is 0 Å². The Labute approximate surface area is 102 Å². The smallest absolute Gasteiger partial charge is 0.306 e. The molecule has 0 heterocycles. The van der Waals surface area contributed by atoms with E-state index in [0.29, 0.717) is 12.8 Å². The first-order valence-corrected chi connectivity index (χ1v) is 6.43. The highest BCUT2D eigenvalue weighted by Gasteiger charge is 2.50. The first-order valence-electron chi connectivity index (χ1n) is 6.43. The van der Waals surface area contributed by atoms with Gasteiger partial charge < -0.3 is 10.4 Å². The number of carbonyl (C=O) groups is 2. The molecule has 1 amide bonds. The van der Waals surface area contributed by atoms with Crippen molar-refractivity contribution in [2.75, 3.05) is 0 Å². The molecule has 0 aromatic carbocycles. The lowest BCUT2D eigenvalue weighted by Gasteiger charge is -2.27. The Kier molecular flexibility index (Phi) is 3.15. The maximum Gasteiger partial charge on any atom is 0.306 e. The average Bonchev–Trinajstić information content (AvgIpc) is 2.89. The molecule has 2 N–H and O–H groups in total. The van der Waals surface area contributed by atoms with Crippen LogP contribution in [-0.2, 0) is 9.59 Å². The van der Waals surface area contributed by atoms with Crippen molar-refractivity contribution in [2.24, 2.45) is 17.3 Å². The van der Waals surface area contributed by atoms with E-state index < -0.39 is 5.97 Å². The fraction of sp³-hybridized carbons (Fsp3) is 0.846. The minimum Gasteiger partial charge on any atom is -0.481 e. The molecule has 2 aliphatic carbocycles. The predicted octanol–water partition coefficient (Wildman–Crippen LogP) is 1.79. The zero-order valence-corrected chi connectivity index (χ0v) is 10.5. The highest BCUT2D eigenvalue weighted by Crippen LogP contribution is 2.51. The number of hydrogen-bond acceptors (Lipinski definition) is 2. The molecule has 2 saturated carbocycles. The van der Waals surface area contributed by atoms with Crippen LogP contribution in [0.15, 0.2) is 0 Å². The summed E-state index contributed by atoms with van der Waals surface area (Å²) in [4.78, 5) is 22.7. The molecule has 0 spiro atoms. The topological polar surface area (TPSA) is 66.4 Å². The third-order valence-electron chi connectivity index (χ3n) is 4.25. The second-order valence-corrected chi connectivity index (χ2v) is 6.14. The van der Waals surface area contributed by atoms with E-state index >= 15 is 0 Å². The van der Waals surface area contributed by atoms with Crippen molar-refractivity contribution >= 4 is 11.9 Å². The van der Waals surface area contributed by atoms with Crippen molar-refractivity contribution in [3.63, 3.8) is 0 Å². The largest absolute Gasteiger partial charge is 0.481 e. The van der Waals surface area contributed by atoms with Gasteiger partial charge >= 0.3 is 5.97 Å². The molecule has 2 rings (SSSR count). The van der Waals surface area contributed by atoms with Crippen molar-refractivity contribution in [3.05, 3.63) is 0 Å². The quantitative estimate of drug-likeness (QED) is 0.789. The number of aliphatic carboxylic acids is 1. The molecule has 96 valence electrons. The third-order valence-corrected chi connectivity index (χ3v) is 4.25. The molecule has 0 aliphatic heterocycles. The minimum absolute atomic E-state index is 0.161. The lowest BCUT2D eigenvalue weighted by Crippen LogP contribution is -2.40. The van der Waals surface area contributed by atoms with Gasteiger partial charge in [0, 0.05) is 12.0 Å². The summed E-state index contributed by atoms with van der Waals surface area (Å²) in [5.41, 5.74) is 0.169. The second-order valence-electron chi connectivity index (χ2n) is 6.14. The first-order chi connectivity index (χ1) is 7.90. The maximum absolute atomic E-state index is 11.9. The number of carboxylic acids is 1. The Morgan fingerprint density at radius 2 is 1.71 bits per heavy atom. The van der Waals surface area contributed by atoms with E-state index in [4.69, 9.17) is 5.11 Å². The molecular formula is C13H21NO3. The Morgan fingerprint density at radius 3 is 2.12 bits per heavy atom. The maximum atomic E-state index is 11.9. The number of hydrogen-bond donors (Lipinski definition) is 2. The normalized spacial score (nSPS) is 35.1. The summed E-state index contributed by atoms with van der Waals surface area (Å²) in [7, 11) is 0. The Hall–Kier alpha value is -1.06. The fourth-order valence-corrected chi connectivity index (χ4v) is 2.70. The van der Waals surface area contributed by atoms with Crippen LogP contribution in [0, 0.1) is 17.3 Å². The summed E-state index contributed by atoms with van der Waals surface area (Å²) in [6.45, 7) is 4.22. The average molecular weight is 239 g/mol. The van der Waals surface area contributed by atoms with E-state index in [-0.39, 0.29) is 29.2 Å². The van der Waals surface area contributed by atoms with Crippen LogP contribution in [0.2, 0.25) is 0 Å². The van der Waals surface area contributed by atoms with Crippen molar-refractivity contribution in [1.29, 1.82) is 0 Å². The van der Waals surface area contributed by atoms with Gasteiger partial charge in [0.1, 0.15) is 0 Å². The Balaban J connectivity index is 1.75. The molecule has 0 aromatic rings. The van der Waals surface area contributed by atoms with Crippen LogP contribution >= 0.6 is 0 Å². The van der Waals surface area contributed by atoms with Crippen LogP contribution < -0.4 is 5.32 Å². The fourth-order valence-electron chi connectivity index (χ4n) is 2.70. The zero-order chi connectivity index (χ0) is 12.6. The summed E-state index contributed by atoms with van der Waals surface area (Å²) in [6, 6.07) is 0.189. The van der Waals surface area contributed by atoms with E-state index in [0.717, 1.165) is 19.3 Å². The highest BCUT2D eigenvalue weighted by molar-refractivity contribution is 5.82. The monoisotopic (exact) mass is 239 g/mol. The SMILES string of the molecule is CC1(C)C[C@@H]1C(=O)NC1CCC(C(=O)O)CC1. The molecule has 0 aromatic heterocycles. The first kappa shape index (κ1) is 12.4. The predicted molar refractivity (Wildman–Crippen MR) is 63.4 cm³/mol. The number of rotatable bonds is 3. The summed E-state index contributed by atoms with van der Waals surface area (Å²) in [6.07, 6.45) is 3.96. The van der Waals surface area contributed by atoms with E-state index in [1.165, 1.54) is 0 Å². The van der Waals surface area contributed by atoms with E-state index in [2.05, 4.69) is 19.2 Å². The third kappa shape index (κ3) is 2.79. The van der Waals surface area contributed by atoms with E-state index in [9.17, 15) is 9.59 Å². The number of carbonyl (C=O) groups excluding carboxylic acids is 1. The van der Waals surface area contributed by atoms with Crippen molar-refractivity contribution in [2.45, 2.75) is 52.0 Å². The van der Waals surface area contributed by atoms with Crippen LogP contribution in [0.4, 0.5) is 0 Å². The molecule has 4 nitrogen and oxygen atoms in total. The lowest BCUT2D eigenvalue weighted by molar-refractivity contribution is -0.142. The van der Waals surface area contributed by atoms with E-state index in [1.54, 1.807) is 0 Å². The molecule has 2 fully saturated rings. The van der Waals surface area contributed by atoms with Crippen molar-refractivity contribution < 1.29 is 14.7 Å². The Morgan fingerprint density at radius 1 is 1.18 bits per heavy atom. The standard InChI is InChI=1S/C13H21NO3/c1-13(2)7-10(13)11(15)14-9-5-3-8(4-6-9)12(16)17/h8-10H,3-7H2,1-2H3,(H,14,15)(H,16,17)/t8?,9?,10-/m1/s1. The second kappa shape index (κ2) is 4.31. The minimum atomic E-state index is -0.696. The van der Waals surface area contributed by atoms with Crippen molar-refractivity contribution in [1.82, 2.24) is 5.32 Å². The van der Waals surface area contributed by atoms with Gasteiger partial charge in [0.05, 0.1) is 5.92 Å². The summed E-state index contributed by atoms with van der Waals surface area (Å²) in [5, 5.41) is 11.9. The van der Waals surface area contributed by atoms with Crippen LogP contribution in [0.1, 0.15) is 46.0 Å². The summed E-state index contributed by atoms with van der Waals surface area (Å²) >= 11 is 0. The number of amides is 1. The molecule has 0 unspecified atom stereocenters. The number of nitrogens with one attached hydrogen (secondary N) is 1. The lowest BCUT2D eigenvalue weighted by atomic mass is 9.86. The number of carboxylic acid groups (broad SMARTS) is 1.